The van der Waals surface area contributed by atoms with Crippen LogP contribution in [0.5, 0.6) is 11.5 Å². The second-order valence-electron chi connectivity index (χ2n) is 9.21. The number of carboxylic acid groups (broad SMARTS) is 1. The van der Waals surface area contributed by atoms with Gasteiger partial charge in [0.25, 0.3) is 0 Å². The molecule has 4 heteroatoms. The summed E-state index contributed by atoms with van der Waals surface area (Å²) in [4.78, 5) is 11.4. The minimum absolute atomic E-state index is 0.0634. The molecule has 1 fully saturated rings. The predicted molar refractivity (Wildman–Crippen MR) is 112 cm³/mol. The first-order valence-corrected chi connectivity index (χ1v) is 10.1. The third kappa shape index (κ3) is 3.34. The highest BCUT2D eigenvalue weighted by atomic mass is 16.5. The Morgan fingerprint density at radius 2 is 2.00 bits per heavy atom. The zero-order valence-electron chi connectivity index (χ0n) is 17.6. The number of rotatable bonds is 4. The highest BCUT2D eigenvalue weighted by Crippen LogP contribution is 2.51. The average molecular weight is 385 g/mol. The van der Waals surface area contributed by atoms with Crippen LogP contribution in [0, 0.1) is 24.2 Å². The van der Waals surface area contributed by atoms with E-state index in [2.05, 4.69) is 34.3 Å². The summed E-state index contributed by atoms with van der Waals surface area (Å²) in [5.41, 5.74) is 1.92. The summed E-state index contributed by atoms with van der Waals surface area (Å²) >= 11 is 0. The summed E-state index contributed by atoms with van der Waals surface area (Å²) in [6, 6.07) is 1.72. The molecule has 1 heterocycles. The third-order valence-corrected chi connectivity index (χ3v) is 7.44. The molecule has 1 aliphatic carbocycles. The van der Waals surface area contributed by atoms with Gasteiger partial charge in [-0.2, -0.15) is 0 Å². The van der Waals surface area contributed by atoms with Gasteiger partial charge in [0.1, 0.15) is 22.7 Å². The molecule has 4 nitrogen and oxygen atoms in total. The molecule has 2 aliphatic rings. The van der Waals surface area contributed by atoms with Crippen molar-refractivity contribution in [3.8, 4) is 11.5 Å². The maximum Gasteiger partial charge on any atom is 0.339 e. The summed E-state index contributed by atoms with van der Waals surface area (Å²) < 4.78 is 6.29. The van der Waals surface area contributed by atoms with Gasteiger partial charge in [0.05, 0.1) is 5.56 Å². The lowest BCUT2D eigenvalue weighted by molar-refractivity contribution is 0.0481. The largest absolute Gasteiger partial charge is 0.506 e. The number of hydrogen-bond acceptors (Lipinski definition) is 3. The van der Waals surface area contributed by atoms with Crippen LogP contribution >= 0.6 is 0 Å². The molecule has 1 aromatic rings. The molecule has 0 amide bonds. The number of fused-ring (bicyclic) bond motifs is 1. The number of ether oxygens (including phenoxy) is 1. The standard InChI is InChI=1S/C24H32O4/c1-14-7-8-16(3)24(6,17(14)4)12-11-23(5)10-9-18-19(28-23)13-15(2)20(21(18)25)22(26)27/h9-10,13,16-17,25H,1,7-8,11-12H2,2-6H3,(H,26,27). The normalized spacial score (nSPS) is 32.0. The van der Waals surface area contributed by atoms with Crippen LogP contribution in [0.3, 0.4) is 0 Å². The number of aryl methyl sites for hydroxylation is 1. The van der Waals surface area contributed by atoms with Crippen molar-refractivity contribution >= 4 is 12.0 Å². The van der Waals surface area contributed by atoms with Gasteiger partial charge >= 0.3 is 5.97 Å². The Labute approximate surface area is 167 Å². The van der Waals surface area contributed by atoms with E-state index in [0.717, 1.165) is 19.3 Å². The molecule has 0 saturated heterocycles. The van der Waals surface area contributed by atoms with Crippen molar-refractivity contribution in [3.05, 3.63) is 41.0 Å². The molecule has 0 radical (unpaired) electrons. The predicted octanol–water partition coefficient (Wildman–Crippen LogP) is 5.97. The van der Waals surface area contributed by atoms with E-state index in [0.29, 0.717) is 28.7 Å². The number of aromatic carboxylic acids is 1. The minimum Gasteiger partial charge on any atom is -0.506 e. The molecule has 3 rings (SSSR count). The topological polar surface area (TPSA) is 66.8 Å². The van der Waals surface area contributed by atoms with Crippen LogP contribution in [0.1, 0.15) is 74.9 Å². The second kappa shape index (κ2) is 6.98. The fourth-order valence-corrected chi connectivity index (χ4v) is 4.80. The lowest BCUT2D eigenvalue weighted by atomic mass is 9.58. The van der Waals surface area contributed by atoms with Crippen molar-refractivity contribution in [3.63, 3.8) is 0 Å². The molecule has 152 valence electrons. The Morgan fingerprint density at radius 1 is 1.32 bits per heavy atom. The molecule has 28 heavy (non-hydrogen) atoms. The first kappa shape index (κ1) is 20.5. The molecule has 1 aromatic carbocycles. The molecule has 1 saturated carbocycles. The summed E-state index contributed by atoms with van der Waals surface area (Å²) in [6.45, 7) is 15.0. The van der Waals surface area contributed by atoms with Gasteiger partial charge in [0.15, 0.2) is 0 Å². The molecule has 1 aliphatic heterocycles. The lowest BCUT2D eigenvalue weighted by Gasteiger charge is -2.48. The van der Waals surface area contributed by atoms with E-state index in [1.807, 2.05) is 6.08 Å². The summed E-state index contributed by atoms with van der Waals surface area (Å²) in [5.74, 6) is 0.292. The number of phenols is 1. The van der Waals surface area contributed by atoms with E-state index in [4.69, 9.17) is 4.74 Å². The van der Waals surface area contributed by atoms with Crippen LogP contribution in [-0.4, -0.2) is 21.8 Å². The van der Waals surface area contributed by atoms with Crippen molar-refractivity contribution in [2.45, 2.75) is 65.9 Å². The Balaban J connectivity index is 1.84. The van der Waals surface area contributed by atoms with Crippen molar-refractivity contribution in [2.75, 3.05) is 0 Å². The van der Waals surface area contributed by atoms with Crippen molar-refractivity contribution in [1.82, 2.24) is 0 Å². The number of carbonyl (C=O) groups is 1. The first-order chi connectivity index (χ1) is 13.0. The minimum atomic E-state index is -1.13. The Kier molecular flexibility index (Phi) is 5.11. The summed E-state index contributed by atoms with van der Waals surface area (Å²) in [6.07, 6.45) is 7.91. The molecule has 2 N–H and O–H groups in total. The number of allylic oxidation sites excluding steroid dienone is 1. The number of benzene rings is 1. The van der Waals surface area contributed by atoms with Gasteiger partial charge in [0.2, 0.25) is 0 Å². The van der Waals surface area contributed by atoms with E-state index in [1.165, 1.54) is 12.0 Å². The molecule has 0 bridgehead atoms. The van der Waals surface area contributed by atoms with Gasteiger partial charge in [0, 0.05) is 0 Å². The monoisotopic (exact) mass is 384 g/mol. The fraction of sp³-hybridized carbons (Fsp3) is 0.542. The van der Waals surface area contributed by atoms with Crippen LogP contribution < -0.4 is 4.74 Å². The summed E-state index contributed by atoms with van der Waals surface area (Å²) in [7, 11) is 0. The highest BCUT2D eigenvalue weighted by Gasteiger charge is 2.42. The first-order valence-electron chi connectivity index (χ1n) is 10.1. The maximum absolute atomic E-state index is 11.4. The van der Waals surface area contributed by atoms with Crippen LogP contribution in [0.2, 0.25) is 0 Å². The van der Waals surface area contributed by atoms with Crippen LogP contribution in [0.15, 0.2) is 24.3 Å². The van der Waals surface area contributed by atoms with Gasteiger partial charge < -0.3 is 14.9 Å². The zero-order chi connectivity index (χ0) is 20.9. The smallest absolute Gasteiger partial charge is 0.339 e. The molecular formula is C24H32O4. The molecular weight excluding hydrogens is 352 g/mol. The second-order valence-corrected chi connectivity index (χ2v) is 9.21. The fourth-order valence-electron chi connectivity index (χ4n) is 4.80. The van der Waals surface area contributed by atoms with E-state index in [-0.39, 0.29) is 16.7 Å². The van der Waals surface area contributed by atoms with Crippen LogP contribution in [-0.2, 0) is 0 Å². The quantitative estimate of drug-likeness (QED) is 0.627. The number of aromatic hydroxyl groups is 1. The SMILES string of the molecule is C=C1CCC(C)C(C)(CCC2(C)C=Cc3c(cc(C)c(C(=O)O)c3O)O2)C1C. The summed E-state index contributed by atoms with van der Waals surface area (Å²) in [5, 5.41) is 19.8. The van der Waals surface area contributed by atoms with Crippen molar-refractivity contribution in [1.29, 1.82) is 0 Å². The average Bonchev–Trinajstić information content (AvgIpc) is 2.61. The Morgan fingerprint density at radius 3 is 2.64 bits per heavy atom. The molecule has 0 aromatic heterocycles. The van der Waals surface area contributed by atoms with E-state index in [1.54, 1.807) is 19.1 Å². The van der Waals surface area contributed by atoms with Gasteiger partial charge in [-0.05, 0) is 80.6 Å². The Bertz CT molecular complexity index is 853. The van der Waals surface area contributed by atoms with Crippen molar-refractivity contribution < 1.29 is 19.7 Å². The third-order valence-electron chi connectivity index (χ3n) is 7.44. The lowest BCUT2D eigenvalue weighted by Crippen LogP contribution is -2.41. The van der Waals surface area contributed by atoms with Gasteiger partial charge in [-0.3, -0.25) is 0 Å². The van der Waals surface area contributed by atoms with E-state index >= 15 is 0 Å². The van der Waals surface area contributed by atoms with E-state index < -0.39 is 11.6 Å². The number of carboxylic acids is 1. The molecule has 4 atom stereocenters. The van der Waals surface area contributed by atoms with Gasteiger partial charge in [-0.1, -0.05) is 32.9 Å². The maximum atomic E-state index is 11.4. The van der Waals surface area contributed by atoms with Crippen LogP contribution in [0.25, 0.3) is 6.08 Å². The van der Waals surface area contributed by atoms with Gasteiger partial charge in [-0.25, -0.2) is 4.79 Å². The number of hydrogen-bond donors (Lipinski definition) is 2. The van der Waals surface area contributed by atoms with Crippen molar-refractivity contribution in [2.24, 2.45) is 17.3 Å². The Hall–Kier alpha value is -2.23. The molecule has 0 spiro atoms. The zero-order valence-corrected chi connectivity index (χ0v) is 17.6. The highest BCUT2D eigenvalue weighted by molar-refractivity contribution is 5.95. The molecule has 4 unspecified atom stereocenters. The van der Waals surface area contributed by atoms with Crippen LogP contribution in [0.4, 0.5) is 0 Å². The van der Waals surface area contributed by atoms with E-state index in [9.17, 15) is 15.0 Å². The van der Waals surface area contributed by atoms with Gasteiger partial charge in [-0.15, -0.1) is 0 Å².